The molecule has 5 rings (SSSR count). The number of carboxylic acids is 1. The van der Waals surface area contributed by atoms with Gasteiger partial charge in [-0.1, -0.05) is 103 Å². The van der Waals surface area contributed by atoms with Gasteiger partial charge in [-0.15, -0.1) is 11.6 Å². The molecule has 1 aliphatic rings. The second kappa shape index (κ2) is 12.6. The van der Waals surface area contributed by atoms with Crippen molar-refractivity contribution in [2.75, 3.05) is 6.54 Å². The molecule has 6 nitrogen and oxygen atoms in total. The Morgan fingerprint density at radius 1 is 0.825 bits per heavy atom. The summed E-state index contributed by atoms with van der Waals surface area (Å²) in [6.45, 7) is 1.09. The Hall–Kier alpha value is -3.71. The second-order valence-corrected chi connectivity index (χ2v) is 11.1. The Balaban J connectivity index is 1.52. The molecule has 1 heterocycles. The summed E-state index contributed by atoms with van der Waals surface area (Å²) in [5.41, 5.74) is 3.08. The molecule has 2 N–H and O–H groups in total. The van der Waals surface area contributed by atoms with Gasteiger partial charge in [0.25, 0.3) is 5.91 Å². The quantitative estimate of drug-likeness (QED) is 0.265. The number of rotatable bonds is 10. The standard InChI is InChI=1S/C33H33ClN2O4/c34-28-19-30(33(39)40)36(22-28)32(38)31(37)29(18-25-15-16-26-13-7-8-14-27(26)17-25)35(20-23-9-3-1-4-10-23)21-24-11-5-2-6-12-24/h1-17,28-31,37H,18-22H2,(H,39,40)/t28-,29-,30-,31-/m0/s1. The van der Waals surface area contributed by atoms with Crippen LogP contribution >= 0.6 is 11.6 Å². The molecule has 0 unspecified atom stereocenters. The minimum Gasteiger partial charge on any atom is -0.480 e. The van der Waals surface area contributed by atoms with Crippen molar-refractivity contribution in [3.8, 4) is 0 Å². The van der Waals surface area contributed by atoms with E-state index in [1.54, 1.807) is 0 Å². The number of nitrogens with zero attached hydrogens (tertiary/aromatic N) is 2. The summed E-state index contributed by atoms with van der Waals surface area (Å²) >= 11 is 6.29. The van der Waals surface area contributed by atoms with Crippen LogP contribution in [0.4, 0.5) is 0 Å². The Bertz CT molecular complexity index is 1410. The highest BCUT2D eigenvalue weighted by Gasteiger charge is 2.43. The topological polar surface area (TPSA) is 81.1 Å². The van der Waals surface area contributed by atoms with Crippen molar-refractivity contribution in [1.29, 1.82) is 0 Å². The number of carbonyl (C=O) groups excluding carboxylic acids is 1. The Morgan fingerprint density at radius 3 is 2.00 bits per heavy atom. The Kier molecular flexibility index (Phi) is 8.80. The number of aliphatic hydroxyl groups excluding tert-OH is 1. The molecule has 1 fully saturated rings. The zero-order chi connectivity index (χ0) is 28.1. The summed E-state index contributed by atoms with van der Waals surface area (Å²) in [4.78, 5) is 29.1. The third-order valence-electron chi connectivity index (χ3n) is 7.62. The first-order valence-electron chi connectivity index (χ1n) is 13.5. The lowest BCUT2D eigenvalue weighted by atomic mass is 9.95. The van der Waals surface area contributed by atoms with Gasteiger partial charge in [0, 0.05) is 25.7 Å². The maximum Gasteiger partial charge on any atom is 0.326 e. The highest BCUT2D eigenvalue weighted by molar-refractivity contribution is 6.21. The normalized spacial score (nSPS) is 18.6. The molecule has 0 aromatic heterocycles. The van der Waals surface area contributed by atoms with Crippen LogP contribution in [-0.2, 0) is 29.1 Å². The average molecular weight is 557 g/mol. The first-order valence-corrected chi connectivity index (χ1v) is 14.0. The minimum absolute atomic E-state index is 0.0917. The second-order valence-electron chi connectivity index (χ2n) is 10.5. The van der Waals surface area contributed by atoms with Crippen LogP contribution < -0.4 is 0 Å². The molecule has 7 heteroatoms. The van der Waals surface area contributed by atoms with Crippen LogP contribution in [0.25, 0.3) is 10.8 Å². The molecule has 4 atom stereocenters. The van der Waals surface area contributed by atoms with E-state index in [0.29, 0.717) is 19.5 Å². The number of fused-ring (bicyclic) bond motifs is 1. The smallest absolute Gasteiger partial charge is 0.326 e. The number of halogens is 1. The zero-order valence-electron chi connectivity index (χ0n) is 22.1. The fourth-order valence-electron chi connectivity index (χ4n) is 5.57. The van der Waals surface area contributed by atoms with Gasteiger partial charge in [0.1, 0.15) is 12.1 Å². The van der Waals surface area contributed by atoms with E-state index >= 15 is 0 Å². The van der Waals surface area contributed by atoms with Crippen LogP contribution in [0.3, 0.4) is 0 Å². The van der Waals surface area contributed by atoms with Crippen molar-refractivity contribution in [2.24, 2.45) is 0 Å². The van der Waals surface area contributed by atoms with E-state index < -0.39 is 35.4 Å². The maximum atomic E-state index is 13.8. The lowest BCUT2D eigenvalue weighted by molar-refractivity contribution is -0.154. The van der Waals surface area contributed by atoms with Crippen LogP contribution in [0.2, 0.25) is 0 Å². The van der Waals surface area contributed by atoms with Gasteiger partial charge >= 0.3 is 5.97 Å². The van der Waals surface area contributed by atoms with Gasteiger partial charge < -0.3 is 15.1 Å². The fraction of sp³-hybridized carbons (Fsp3) is 0.273. The lowest BCUT2D eigenvalue weighted by Gasteiger charge is -2.36. The van der Waals surface area contributed by atoms with Crippen LogP contribution in [0.1, 0.15) is 23.1 Å². The summed E-state index contributed by atoms with van der Waals surface area (Å²) in [5, 5.41) is 23.2. The van der Waals surface area contributed by atoms with Crippen LogP contribution in [-0.4, -0.2) is 62.0 Å². The van der Waals surface area contributed by atoms with Crippen LogP contribution in [0.5, 0.6) is 0 Å². The van der Waals surface area contributed by atoms with E-state index in [1.807, 2.05) is 97.1 Å². The number of carbonyl (C=O) groups is 2. The molecule has 4 aromatic carbocycles. The number of likely N-dealkylation sites (tertiary alicyclic amines) is 1. The predicted molar refractivity (Wildman–Crippen MR) is 157 cm³/mol. The van der Waals surface area contributed by atoms with Gasteiger partial charge in [0.05, 0.1) is 5.38 Å². The summed E-state index contributed by atoms with van der Waals surface area (Å²) in [5.74, 6) is -1.72. The molecule has 1 amide bonds. The molecule has 0 saturated carbocycles. The number of aliphatic hydroxyl groups is 1. The van der Waals surface area contributed by atoms with E-state index in [9.17, 15) is 19.8 Å². The molecule has 0 bridgehead atoms. The Labute approximate surface area is 239 Å². The predicted octanol–water partition coefficient (Wildman–Crippen LogP) is 5.11. The van der Waals surface area contributed by atoms with Crippen molar-refractivity contribution >= 4 is 34.2 Å². The van der Waals surface area contributed by atoms with Crippen molar-refractivity contribution in [2.45, 2.75) is 49.5 Å². The van der Waals surface area contributed by atoms with Gasteiger partial charge in [-0.3, -0.25) is 9.69 Å². The third kappa shape index (κ3) is 6.53. The summed E-state index contributed by atoms with van der Waals surface area (Å²) in [6, 6.07) is 32.5. The van der Waals surface area contributed by atoms with E-state index in [2.05, 4.69) is 11.0 Å². The van der Waals surface area contributed by atoms with Crippen molar-refractivity contribution < 1.29 is 19.8 Å². The molecular formula is C33H33ClN2O4. The number of carboxylic acid groups (broad SMARTS) is 1. The highest BCUT2D eigenvalue weighted by atomic mass is 35.5. The van der Waals surface area contributed by atoms with Crippen LogP contribution in [0.15, 0.2) is 103 Å². The monoisotopic (exact) mass is 556 g/mol. The van der Waals surface area contributed by atoms with E-state index in [-0.39, 0.29) is 13.0 Å². The molecule has 0 spiro atoms. The lowest BCUT2D eigenvalue weighted by Crippen LogP contribution is -2.54. The minimum atomic E-state index is -1.46. The first-order chi connectivity index (χ1) is 19.4. The zero-order valence-corrected chi connectivity index (χ0v) is 22.9. The maximum absolute atomic E-state index is 13.8. The Morgan fingerprint density at radius 2 is 1.40 bits per heavy atom. The van der Waals surface area contributed by atoms with Gasteiger partial charge in [0.2, 0.25) is 0 Å². The van der Waals surface area contributed by atoms with Crippen LogP contribution in [0, 0.1) is 0 Å². The molecule has 1 aliphatic heterocycles. The largest absolute Gasteiger partial charge is 0.480 e. The molecule has 0 radical (unpaired) electrons. The number of hydrogen-bond acceptors (Lipinski definition) is 4. The van der Waals surface area contributed by atoms with E-state index in [4.69, 9.17) is 11.6 Å². The molecule has 4 aromatic rings. The van der Waals surface area contributed by atoms with Gasteiger partial charge in [0.15, 0.2) is 0 Å². The number of hydrogen-bond donors (Lipinski definition) is 2. The van der Waals surface area contributed by atoms with Crippen molar-refractivity contribution in [1.82, 2.24) is 9.80 Å². The number of amides is 1. The molecule has 0 aliphatic carbocycles. The van der Waals surface area contributed by atoms with Crippen molar-refractivity contribution in [3.05, 3.63) is 120 Å². The molecule has 40 heavy (non-hydrogen) atoms. The fourth-order valence-corrected chi connectivity index (χ4v) is 5.89. The van der Waals surface area contributed by atoms with Gasteiger partial charge in [-0.2, -0.15) is 0 Å². The summed E-state index contributed by atoms with van der Waals surface area (Å²) in [7, 11) is 0. The van der Waals surface area contributed by atoms with Gasteiger partial charge in [-0.05, 0) is 40.3 Å². The molecule has 1 saturated heterocycles. The van der Waals surface area contributed by atoms with Crippen molar-refractivity contribution in [3.63, 3.8) is 0 Å². The number of aliphatic carboxylic acids is 1. The average Bonchev–Trinajstić information content (AvgIpc) is 3.38. The molecular weight excluding hydrogens is 524 g/mol. The van der Waals surface area contributed by atoms with E-state index in [0.717, 1.165) is 27.5 Å². The van der Waals surface area contributed by atoms with Gasteiger partial charge in [-0.25, -0.2) is 4.79 Å². The molecule has 206 valence electrons. The van der Waals surface area contributed by atoms with E-state index in [1.165, 1.54) is 4.90 Å². The summed E-state index contributed by atoms with van der Waals surface area (Å²) in [6.07, 6.45) is -0.905. The number of alkyl halides is 1. The third-order valence-corrected chi connectivity index (χ3v) is 7.94. The first kappa shape index (κ1) is 27.8. The SMILES string of the molecule is O=C(O)[C@@H]1C[C@H](Cl)CN1C(=O)[C@@H](O)[C@H](Cc1ccc2ccccc2c1)N(Cc1ccccc1)Cc1ccccc1. The number of benzene rings is 4. The highest BCUT2D eigenvalue weighted by Crippen LogP contribution is 2.27. The summed E-state index contributed by atoms with van der Waals surface area (Å²) < 4.78 is 0.